The van der Waals surface area contributed by atoms with E-state index >= 15 is 0 Å². The fourth-order valence-electron chi connectivity index (χ4n) is 2.92. The van der Waals surface area contributed by atoms with Gasteiger partial charge in [-0.2, -0.15) is 0 Å². The van der Waals surface area contributed by atoms with Gasteiger partial charge in [0.1, 0.15) is 0 Å². The van der Waals surface area contributed by atoms with E-state index in [1.165, 1.54) is 6.07 Å². The molecule has 19 heavy (non-hydrogen) atoms. The Labute approximate surface area is 114 Å². The SMILES string of the molecule is CC(C)CC(F)(F)c1cccc(C2(CN)CCC2)c1. The molecule has 1 aromatic rings. The Morgan fingerprint density at radius 1 is 1.32 bits per heavy atom. The minimum absolute atomic E-state index is 0.0224. The second kappa shape index (κ2) is 5.20. The molecule has 0 radical (unpaired) electrons. The summed E-state index contributed by atoms with van der Waals surface area (Å²) >= 11 is 0. The van der Waals surface area contributed by atoms with Crippen molar-refractivity contribution >= 4 is 0 Å². The van der Waals surface area contributed by atoms with E-state index in [4.69, 9.17) is 5.73 Å². The highest BCUT2D eigenvalue weighted by atomic mass is 19.3. The van der Waals surface area contributed by atoms with Crippen LogP contribution in [0.3, 0.4) is 0 Å². The molecule has 1 saturated carbocycles. The Morgan fingerprint density at radius 2 is 2.00 bits per heavy atom. The summed E-state index contributed by atoms with van der Waals surface area (Å²) in [5.74, 6) is -2.77. The van der Waals surface area contributed by atoms with Gasteiger partial charge in [-0.25, -0.2) is 8.78 Å². The summed E-state index contributed by atoms with van der Waals surface area (Å²) in [6.45, 7) is 4.20. The fraction of sp³-hybridized carbons (Fsp3) is 0.625. The summed E-state index contributed by atoms with van der Waals surface area (Å²) in [6, 6.07) is 6.90. The number of halogens is 2. The van der Waals surface area contributed by atoms with Crippen molar-refractivity contribution in [3.8, 4) is 0 Å². The lowest BCUT2D eigenvalue weighted by molar-refractivity contribution is -0.0251. The summed E-state index contributed by atoms with van der Waals surface area (Å²) < 4.78 is 28.3. The van der Waals surface area contributed by atoms with Crippen molar-refractivity contribution in [3.05, 3.63) is 35.4 Å². The highest BCUT2D eigenvalue weighted by molar-refractivity contribution is 5.34. The van der Waals surface area contributed by atoms with Gasteiger partial charge in [-0.1, -0.05) is 38.5 Å². The van der Waals surface area contributed by atoms with Crippen molar-refractivity contribution in [1.29, 1.82) is 0 Å². The molecule has 0 spiro atoms. The fourth-order valence-corrected chi connectivity index (χ4v) is 2.92. The average Bonchev–Trinajstić information content (AvgIpc) is 2.27. The van der Waals surface area contributed by atoms with E-state index in [1.54, 1.807) is 12.1 Å². The van der Waals surface area contributed by atoms with Crippen molar-refractivity contribution in [2.75, 3.05) is 6.54 Å². The summed E-state index contributed by atoms with van der Waals surface area (Å²) in [4.78, 5) is 0. The quantitative estimate of drug-likeness (QED) is 0.850. The van der Waals surface area contributed by atoms with E-state index in [-0.39, 0.29) is 23.3 Å². The molecule has 2 rings (SSSR count). The Kier molecular flexibility index (Phi) is 3.95. The zero-order valence-corrected chi connectivity index (χ0v) is 11.8. The van der Waals surface area contributed by atoms with Gasteiger partial charge in [0, 0.05) is 23.9 Å². The van der Waals surface area contributed by atoms with Crippen LogP contribution in [0.2, 0.25) is 0 Å². The smallest absolute Gasteiger partial charge is 0.273 e. The molecule has 1 aliphatic rings. The van der Waals surface area contributed by atoms with Crippen LogP contribution in [0, 0.1) is 5.92 Å². The van der Waals surface area contributed by atoms with Crippen LogP contribution in [-0.2, 0) is 11.3 Å². The van der Waals surface area contributed by atoms with Crippen molar-refractivity contribution in [1.82, 2.24) is 0 Å². The van der Waals surface area contributed by atoms with Crippen LogP contribution in [-0.4, -0.2) is 6.54 Å². The van der Waals surface area contributed by atoms with Gasteiger partial charge in [-0.15, -0.1) is 0 Å². The first-order valence-corrected chi connectivity index (χ1v) is 7.08. The Bertz CT molecular complexity index is 431. The van der Waals surface area contributed by atoms with E-state index < -0.39 is 5.92 Å². The molecule has 2 N–H and O–H groups in total. The average molecular weight is 267 g/mol. The monoisotopic (exact) mass is 267 g/mol. The van der Waals surface area contributed by atoms with Crippen LogP contribution in [0.15, 0.2) is 24.3 Å². The van der Waals surface area contributed by atoms with Crippen molar-refractivity contribution in [2.45, 2.75) is 50.9 Å². The lowest BCUT2D eigenvalue weighted by atomic mass is 9.64. The van der Waals surface area contributed by atoms with Crippen molar-refractivity contribution < 1.29 is 8.78 Å². The van der Waals surface area contributed by atoms with E-state index in [2.05, 4.69) is 0 Å². The predicted octanol–water partition coefficient (Wildman–Crippen LogP) is 4.20. The summed E-state index contributed by atoms with van der Waals surface area (Å²) in [7, 11) is 0. The van der Waals surface area contributed by atoms with Gasteiger partial charge in [0.25, 0.3) is 5.92 Å². The lowest BCUT2D eigenvalue weighted by Gasteiger charge is -2.42. The molecule has 1 aromatic carbocycles. The minimum atomic E-state index is -2.75. The molecule has 1 nitrogen and oxygen atoms in total. The van der Waals surface area contributed by atoms with Gasteiger partial charge in [-0.05, 0) is 30.4 Å². The first-order valence-electron chi connectivity index (χ1n) is 7.08. The normalized spacial score (nSPS) is 18.4. The van der Waals surface area contributed by atoms with Gasteiger partial charge in [-0.3, -0.25) is 0 Å². The number of benzene rings is 1. The topological polar surface area (TPSA) is 26.0 Å². The molecule has 1 fully saturated rings. The van der Waals surface area contributed by atoms with Crippen LogP contribution in [0.5, 0.6) is 0 Å². The summed E-state index contributed by atoms with van der Waals surface area (Å²) in [5, 5.41) is 0. The molecule has 106 valence electrons. The second-order valence-electron chi connectivity index (χ2n) is 6.22. The van der Waals surface area contributed by atoms with E-state index in [1.807, 2.05) is 19.9 Å². The summed E-state index contributed by atoms with van der Waals surface area (Å²) in [6.07, 6.45) is 3.07. The lowest BCUT2D eigenvalue weighted by Crippen LogP contribution is -2.41. The maximum absolute atomic E-state index is 14.2. The third-order valence-corrected chi connectivity index (χ3v) is 4.26. The van der Waals surface area contributed by atoms with Crippen molar-refractivity contribution in [2.24, 2.45) is 11.7 Å². The predicted molar refractivity (Wildman–Crippen MR) is 74.4 cm³/mol. The number of alkyl halides is 2. The van der Waals surface area contributed by atoms with Gasteiger partial charge < -0.3 is 5.73 Å². The van der Waals surface area contributed by atoms with Crippen LogP contribution in [0.25, 0.3) is 0 Å². The second-order valence-corrected chi connectivity index (χ2v) is 6.22. The molecule has 0 bridgehead atoms. The molecular weight excluding hydrogens is 244 g/mol. The van der Waals surface area contributed by atoms with E-state index in [0.29, 0.717) is 6.54 Å². The van der Waals surface area contributed by atoms with Crippen LogP contribution >= 0.6 is 0 Å². The number of hydrogen-bond acceptors (Lipinski definition) is 1. The third-order valence-electron chi connectivity index (χ3n) is 4.26. The molecule has 0 amide bonds. The third kappa shape index (κ3) is 2.81. The first kappa shape index (κ1) is 14.4. The molecule has 0 aliphatic heterocycles. The summed E-state index contributed by atoms with van der Waals surface area (Å²) in [5.41, 5.74) is 6.93. The maximum Gasteiger partial charge on any atom is 0.273 e. The number of hydrogen-bond donors (Lipinski definition) is 1. The Hall–Kier alpha value is -0.960. The highest BCUT2D eigenvalue weighted by Gasteiger charge is 2.39. The van der Waals surface area contributed by atoms with Gasteiger partial charge >= 0.3 is 0 Å². The van der Waals surface area contributed by atoms with Crippen molar-refractivity contribution in [3.63, 3.8) is 0 Å². The number of nitrogens with two attached hydrogens (primary N) is 1. The molecule has 0 saturated heterocycles. The maximum atomic E-state index is 14.2. The molecule has 0 heterocycles. The van der Waals surface area contributed by atoms with Gasteiger partial charge in [0.15, 0.2) is 0 Å². The van der Waals surface area contributed by atoms with E-state index in [0.717, 1.165) is 24.8 Å². The Balaban J connectivity index is 2.29. The van der Waals surface area contributed by atoms with E-state index in [9.17, 15) is 8.78 Å². The van der Waals surface area contributed by atoms with Crippen LogP contribution in [0.4, 0.5) is 8.78 Å². The zero-order valence-electron chi connectivity index (χ0n) is 11.8. The van der Waals surface area contributed by atoms with Gasteiger partial charge in [0.05, 0.1) is 0 Å². The molecule has 1 aliphatic carbocycles. The molecule has 0 atom stereocenters. The van der Waals surface area contributed by atoms with Crippen LogP contribution < -0.4 is 5.73 Å². The number of rotatable bonds is 5. The standard InChI is InChI=1S/C16H23F2N/c1-12(2)10-16(17,18)14-6-3-5-13(9-14)15(11-19)7-4-8-15/h3,5-6,9,12H,4,7-8,10-11,19H2,1-2H3. The minimum Gasteiger partial charge on any atom is -0.330 e. The molecular formula is C16H23F2N. The van der Waals surface area contributed by atoms with Gasteiger partial charge in [0.2, 0.25) is 0 Å². The largest absolute Gasteiger partial charge is 0.330 e. The molecule has 0 aromatic heterocycles. The highest BCUT2D eigenvalue weighted by Crippen LogP contribution is 2.44. The van der Waals surface area contributed by atoms with Crippen LogP contribution in [0.1, 0.15) is 50.7 Å². The molecule has 3 heteroatoms. The first-order chi connectivity index (χ1) is 8.89. The molecule has 0 unspecified atom stereocenters. The zero-order chi connectivity index (χ0) is 14.1. The Morgan fingerprint density at radius 3 is 2.47 bits per heavy atom.